The average molecular weight is 994 g/mol. The van der Waals surface area contributed by atoms with Gasteiger partial charge in [0.1, 0.15) is 35.1 Å². The van der Waals surface area contributed by atoms with Crippen LogP contribution in [0.1, 0.15) is 142 Å². The number of carbonyl (C=O) groups excluding carboxylic acids is 6. The quantitative estimate of drug-likeness (QED) is 0.102. The number of hydrogen-bond donors (Lipinski definition) is 0. The molecule has 3 aromatic heterocycles. The van der Waals surface area contributed by atoms with E-state index in [1.165, 1.54) is 0 Å². The molecule has 0 N–H and O–H groups in total. The van der Waals surface area contributed by atoms with E-state index in [-0.39, 0.29) is 52.5 Å². The van der Waals surface area contributed by atoms with E-state index in [0.717, 1.165) is 83.8 Å². The average Bonchev–Trinajstić information content (AvgIpc) is 3.91. The maximum absolute atomic E-state index is 13.0. The van der Waals surface area contributed by atoms with Gasteiger partial charge in [0.25, 0.3) is 0 Å². The van der Waals surface area contributed by atoms with Crippen molar-refractivity contribution in [3.63, 3.8) is 0 Å². The van der Waals surface area contributed by atoms with Gasteiger partial charge in [-0.3, -0.25) is 43.7 Å². The number of benzene rings is 3. The van der Waals surface area contributed by atoms with Crippen LogP contribution in [0.3, 0.4) is 0 Å². The Kier molecular flexibility index (Phi) is 18.0. The van der Waals surface area contributed by atoms with Gasteiger partial charge < -0.3 is 0 Å². The third-order valence-corrected chi connectivity index (χ3v) is 14.4. The molecule has 3 heterocycles. The summed E-state index contributed by atoms with van der Waals surface area (Å²) in [6, 6.07) is 28.8. The van der Waals surface area contributed by atoms with Crippen LogP contribution in [0.4, 0.5) is 0 Å². The second-order valence-electron chi connectivity index (χ2n) is 19.9. The first-order valence-electron chi connectivity index (χ1n) is 25.5. The molecule has 3 fully saturated rings. The van der Waals surface area contributed by atoms with Gasteiger partial charge in [-0.15, -0.1) is 17.8 Å². The van der Waals surface area contributed by atoms with Gasteiger partial charge in [0.05, 0.1) is 0 Å². The van der Waals surface area contributed by atoms with Crippen LogP contribution in [0.5, 0.6) is 0 Å². The number of aromatic nitrogens is 3. The summed E-state index contributed by atoms with van der Waals surface area (Å²) in [5.74, 6) is 15.2. The normalized spacial score (nSPS) is 19.6. The minimum absolute atomic E-state index is 0.0199. The van der Waals surface area contributed by atoms with Crippen LogP contribution >= 0.6 is 0 Å². The molecule has 3 aliphatic carbocycles. The molecule has 378 valence electrons. The van der Waals surface area contributed by atoms with Crippen LogP contribution in [0.15, 0.2) is 110 Å². The molecule has 0 aliphatic heterocycles. The number of nitrogens with zero attached hydrogens (tertiary/aromatic N) is 3. The van der Waals surface area contributed by atoms with Gasteiger partial charge >= 0.3 is 0 Å². The number of rotatable bonds is 9. The summed E-state index contributed by atoms with van der Waals surface area (Å²) in [5, 5.41) is 0. The van der Waals surface area contributed by atoms with Crippen molar-refractivity contribution in [2.24, 2.45) is 17.8 Å². The first-order valence-corrected chi connectivity index (χ1v) is 25.5. The van der Waals surface area contributed by atoms with Gasteiger partial charge in [0, 0.05) is 89.4 Å². The highest BCUT2D eigenvalue weighted by Gasteiger charge is 2.45. The predicted molar refractivity (Wildman–Crippen MR) is 292 cm³/mol. The molecule has 3 saturated carbocycles. The fourth-order valence-electron chi connectivity index (χ4n) is 11.2. The third-order valence-electron chi connectivity index (χ3n) is 14.4. The Hall–Kier alpha value is -8.19. The minimum Gasteiger partial charge on any atom is -0.298 e. The van der Waals surface area contributed by atoms with E-state index < -0.39 is 17.8 Å². The fraction of sp³-hybridized carbons (Fsp3) is 0.318. The van der Waals surface area contributed by atoms with E-state index >= 15 is 0 Å². The van der Waals surface area contributed by atoms with Gasteiger partial charge in [-0.25, -0.2) is 0 Å². The van der Waals surface area contributed by atoms with Crippen LogP contribution < -0.4 is 0 Å². The molecule has 9 rings (SSSR count). The monoisotopic (exact) mass is 993 g/mol. The fourth-order valence-corrected chi connectivity index (χ4v) is 11.2. The molecular weight excluding hydrogens is 931 g/mol. The summed E-state index contributed by atoms with van der Waals surface area (Å²) in [5.41, 5.74) is 13.7. The molecule has 4 unspecified atom stereocenters. The lowest BCUT2D eigenvalue weighted by atomic mass is 9.86. The van der Waals surface area contributed by atoms with E-state index in [1.807, 2.05) is 133 Å². The van der Waals surface area contributed by atoms with E-state index in [9.17, 15) is 28.8 Å². The van der Waals surface area contributed by atoms with E-state index in [4.69, 9.17) is 0 Å². The summed E-state index contributed by atoms with van der Waals surface area (Å²) in [4.78, 5) is 89.6. The maximum Gasteiger partial charge on any atom is 0.151 e. The predicted octanol–water partition coefficient (Wildman–Crippen LogP) is 10.7. The van der Waals surface area contributed by atoms with Crippen LogP contribution in [-0.4, -0.2) is 49.7 Å². The molecule has 0 radical (unpaired) electrons. The first-order chi connectivity index (χ1) is 36.0. The number of hydrogen-bond acceptors (Lipinski definition) is 9. The number of pyridine rings is 3. The van der Waals surface area contributed by atoms with Crippen molar-refractivity contribution in [2.45, 2.75) is 119 Å². The Morgan fingerprint density at radius 3 is 0.827 bits per heavy atom. The second-order valence-corrected chi connectivity index (χ2v) is 19.9. The zero-order valence-corrected chi connectivity index (χ0v) is 44.4. The van der Waals surface area contributed by atoms with Gasteiger partial charge in [-0.2, -0.15) is 0 Å². The molecule has 6 atom stereocenters. The van der Waals surface area contributed by atoms with E-state index in [2.05, 4.69) is 50.5 Å². The second kappa shape index (κ2) is 24.7. The standard InChI is InChI=1S/3C22H21NO2/c3*1-4-7-16-10-14(2)20(15(3)11-16)21-19(24)13-17(22(21)25)12-18-8-5-6-9-23-18/h3*5-6,8-11,17,21H,12-13H2,1-3H3/t2*17-,21?;/m10./s1. The van der Waals surface area contributed by atoms with Crippen molar-refractivity contribution in [3.8, 4) is 35.5 Å². The molecule has 9 heteroatoms. The smallest absolute Gasteiger partial charge is 0.151 e. The van der Waals surface area contributed by atoms with Crippen molar-refractivity contribution >= 4 is 34.7 Å². The molecule has 0 bridgehead atoms. The van der Waals surface area contributed by atoms with Crippen LogP contribution in [0, 0.1) is 94.8 Å². The van der Waals surface area contributed by atoms with Crippen LogP contribution in [0.25, 0.3) is 0 Å². The number of ketones is 6. The van der Waals surface area contributed by atoms with Crippen LogP contribution in [-0.2, 0) is 48.0 Å². The molecular formula is C66H63N3O6. The van der Waals surface area contributed by atoms with Crippen molar-refractivity contribution < 1.29 is 28.8 Å². The number of aryl methyl sites for hydroxylation is 6. The molecule has 3 aromatic carbocycles. The Balaban J connectivity index is 0.000000164. The highest BCUT2D eigenvalue weighted by Crippen LogP contribution is 2.40. The van der Waals surface area contributed by atoms with Gasteiger partial charge in [-0.1, -0.05) is 36.0 Å². The zero-order valence-electron chi connectivity index (χ0n) is 44.4. The van der Waals surface area contributed by atoms with Gasteiger partial charge in [0.2, 0.25) is 0 Å². The lowest BCUT2D eigenvalue weighted by Crippen LogP contribution is -2.19. The molecule has 0 saturated heterocycles. The summed E-state index contributed by atoms with van der Waals surface area (Å²) in [7, 11) is 0. The summed E-state index contributed by atoms with van der Waals surface area (Å²) in [6.45, 7) is 17.1. The van der Waals surface area contributed by atoms with E-state index in [0.29, 0.717) is 38.5 Å². The summed E-state index contributed by atoms with van der Waals surface area (Å²) < 4.78 is 0. The van der Waals surface area contributed by atoms with Crippen molar-refractivity contribution in [1.29, 1.82) is 0 Å². The highest BCUT2D eigenvalue weighted by molar-refractivity contribution is 6.16. The van der Waals surface area contributed by atoms with E-state index in [1.54, 1.807) is 39.4 Å². The first kappa shape index (κ1) is 54.6. The number of carbonyl (C=O) groups is 6. The Morgan fingerprint density at radius 2 is 0.627 bits per heavy atom. The zero-order chi connectivity index (χ0) is 53.9. The SMILES string of the molecule is CC#Cc1cc(C)c(C2C(=O)CC(Cc3ccccn3)C2=O)c(C)c1.CC#Cc1cc(C)c(C2C(=O)C[C@@H](Cc3ccccn3)C2=O)c(C)c1.CC#Cc1cc(C)c(C2C(=O)C[C@H](Cc3ccccn3)C2=O)c(C)c1. The van der Waals surface area contributed by atoms with Crippen molar-refractivity contribution in [3.05, 3.63) is 193 Å². The lowest BCUT2D eigenvalue weighted by molar-refractivity contribution is -0.126. The Bertz CT molecular complexity index is 2950. The molecule has 9 nitrogen and oxygen atoms in total. The summed E-state index contributed by atoms with van der Waals surface area (Å²) >= 11 is 0. The molecule has 3 aliphatic rings. The van der Waals surface area contributed by atoms with Crippen molar-refractivity contribution in [1.82, 2.24) is 15.0 Å². The van der Waals surface area contributed by atoms with Gasteiger partial charge in [-0.05, 0) is 204 Å². The maximum atomic E-state index is 13.0. The molecule has 75 heavy (non-hydrogen) atoms. The molecule has 0 spiro atoms. The Morgan fingerprint density at radius 1 is 0.387 bits per heavy atom. The lowest BCUT2D eigenvalue weighted by Gasteiger charge is -2.16. The molecule has 6 aromatic rings. The van der Waals surface area contributed by atoms with Crippen molar-refractivity contribution in [2.75, 3.05) is 0 Å². The minimum atomic E-state index is -0.641. The summed E-state index contributed by atoms with van der Waals surface area (Å²) in [6.07, 6.45) is 7.64. The Labute approximate surface area is 441 Å². The third kappa shape index (κ3) is 12.8. The van der Waals surface area contributed by atoms with Gasteiger partial charge in [0.15, 0.2) is 17.3 Å². The van der Waals surface area contributed by atoms with Crippen LogP contribution in [0.2, 0.25) is 0 Å². The largest absolute Gasteiger partial charge is 0.298 e. The highest BCUT2D eigenvalue weighted by atomic mass is 16.2. The number of Topliss-reactive ketones (excluding diaryl/α,β-unsaturated/α-hetero) is 6. The topological polar surface area (TPSA) is 141 Å². The molecule has 0 amide bonds.